The zero-order chi connectivity index (χ0) is 37.4. The van der Waals surface area contributed by atoms with Gasteiger partial charge in [0.15, 0.2) is 5.58 Å². The van der Waals surface area contributed by atoms with Crippen molar-refractivity contribution in [2.45, 2.75) is 0 Å². The van der Waals surface area contributed by atoms with Gasteiger partial charge < -0.3 is 18.2 Å². The van der Waals surface area contributed by atoms with Crippen LogP contribution in [0.15, 0.2) is 173 Å². The number of benzene rings is 9. The Balaban J connectivity index is 1.20. The smallest absolute Gasteiger partial charge is 0.333 e. The topological polar surface area (TPSA) is 34.5 Å². The summed E-state index contributed by atoms with van der Waals surface area (Å²) < 4.78 is 19.1. The van der Waals surface area contributed by atoms with E-state index in [1.165, 1.54) is 74.9 Å². The van der Waals surface area contributed by atoms with Gasteiger partial charge in [0.25, 0.3) is 0 Å². The summed E-state index contributed by atoms with van der Waals surface area (Å²) in [5.41, 5.74) is 14.4. The predicted molar refractivity (Wildman–Crippen MR) is 245 cm³/mol. The number of thiophene rings is 1. The molecular weight excluding hydrogens is 727 g/mol. The summed E-state index contributed by atoms with van der Waals surface area (Å²) in [6.07, 6.45) is 0. The fourth-order valence-corrected chi connectivity index (χ4v) is 12.1. The first-order chi connectivity index (χ1) is 28.8. The van der Waals surface area contributed by atoms with Crippen molar-refractivity contribution in [2.24, 2.45) is 0 Å². The SMILES string of the molecule is c1ccc2c(c1)ccc1c2c2cccc3c2n1-c1cc2c(sc4ccccc42)c2c1B3N(c1cccc3c1oc1ccccc13)c1ccc3c(oc4ccccc43)c1-2. The second kappa shape index (κ2) is 10.4. The van der Waals surface area contributed by atoms with E-state index in [4.69, 9.17) is 8.83 Å². The van der Waals surface area contributed by atoms with E-state index in [-0.39, 0.29) is 6.85 Å². The summed E-state index contributed by atoms with van der Waals surface area (Å²) in [5, 5.41) is 12.1. The monoisotopic (exact) mass is 754 g/mol. The molecule has 0 aliphatic carbocycles. The van der Waals surface area contributed by atoms with Gasteiger partial charge in [-0.15, -0.1) is 11.3 Å². The highest BCUT2D eigenvalue weighted by atomic mass is 32.1. The van der Waals surface area contributed by atoms with E-state index >= 15 is 0 Å². The molecular formula is C52H27BN2O2S. The first-order valence-corrected chi connectivity index (χ1v) is 20.7. The molecule has 0 saturated carbocycles. The van der Waals surface area contributed by atoms with Crippen LogP contribution in [0, 0.1) is 0 Å². The first kappa shape index (κ1) is 29.9. The Kier molecular flexibility index (Phi) is 5.35. The summed E-state index contributed by atoms with van der Waals surface area (Å²) >= 11 is 1.90. The highest BCUT2D eigenvalue weighted by Crippen LogP contribution is 2.54. The molecule has 4 nitrogen and oxygen atoms in total. The van der Waals surface area contributed by atoms with Gasteiger partial charge >= 0.3 is 6.85 Å². The van der Waals surface area contributed by atoms with Gasteiger partial charge in [0, 0.05) is 75.0 Å². The van der Waals surface area contributed by atoms with Gasteiger partial charge in [0.1, 0.15) is 16.7 Å². The number of para-hydroxylation sites is 4. The lowest BCUT2D eigenvalue weighted by Crippen LogP contribution is -2.60. The molecule has 6 heteroatoms. The van der Waals surface area contributed by atoms with Crippen molar-refractivity contribution in [3.63, 3.8) is 0 Å². The Morgan fingerprint density at radius 2 is 1.16 bits per heavy atom. The Morgan fingerprint density at radius 1 is 0.466 bits per heavy atom. The van der Waals surface area contributed by atoms with Crippen LogP contribution in [0.25, 0.3) is 113 Å². The zero-order valence-electron chi connectivity index (χ0n) is 30.8. The van der Waals surface area contributed by atoms with E-state index in [2.05, 4.69) is 173 Å². The molecule has 266 valence electrons. The normalized spacial score (nSPS) is 13.4. The van der Waals surface area contributed by atoms with Crippen molar-refractivity contribution in [3.8, 4) is 16.8 Å². The molecule has 9 aromatic carbocycles. The standard InChI is InChI=1S/C52H27BN2O2S/c1-2-12-29-28(11-1)23-25-38-45(29)35-17-9-18-37-49(35)54(38)41-27-36-32-15-5-8-22-44(32)58-52(36)47-46-39(26-24-34-31-14-4-7-21-43(31)57-51(34)46)55(53(37)48(41)47)40-19-10-16-33-30-13-3-6-20-42(30)56-50(33)40/h1-27H. The van der Waals surface area contributed by atoms with Crippen LogP contribution in [0.4, 0.5) is 11.4 Å². The minimum atomic E-state index is -0.167. The fraction of sp³-hybridized carbons (Fsp3) is 0. The lowest BCUT2D eigenvalue weighted by molar-refractivity contribution is 0.668. The van der Waals surface area contributed by atoms with E-state index in [1.807, 2.05) is 11.3 Å². The van der Waals surface area contributed by atoms with Crippen LogP contribution in [0.2, 0.25) is 0 Å². The minimum Gasteiger partial charge on any atom is -0.455 e. The average molecular weight is 755 g/mol. The highest BCUT2D eigenvalue weighted by molar-refractivity contribution is 7.26. The van der Waals surface area contributed by atoms with Gasteiger partial charge in [0.2, 0.25) is 0 Å². The van der Waals surface area contributed by atoms with Gasteiger partial charge in [-0.2, -0.15) is 0 Å². The second-order valence-corrected chi connectivity index (χ2v) is 16.9. The molecule has 13 aromatic rings. The van der Waals surface area contributed by atoms with Crippen LogP contribution in [-0.2, 0) is 0 Å². The minimum absolute atomic E-state index is 0.167. The number of aromatic nitrogens is 1. The molecule has 0 amide bonds. The largest absolute Gasteiger partial charge is 0.455 e. The predicted octanol–water partition coefficient (Wildman–Crippen LogP) is 13.3. The number of furan rings is 2. The molecule has 58 heavy (non-hydrogen) atoms. The fourth-order valence-electron chi connectivity index (χ4n) is 10.9. The van der Waals surface area contributed by atoms with E-state index in [9.17, 15) is 0 Å². The Bertz CT molecular complexity index is 4020. The summed E-state index contributed by atoms with van der Waals surface area (Å²) in [4.78, 5) is 2.58. The molecule has 0 unspecified atom stereocenters. The summed E-state index contributed by atoms with van der Waals surface area (Å²) in [7, 11) is 0. The molecule has 0 saturated heterocycles. The Hall–Kier alpha value is -7.28. The van der Waals surface area contributed by atoms with Crippen LogP contribution >= 0.6 is 11.3 Å². The third-order valence-corrected chi connectivity index (χ3v) is 14.3. The van der Waals surface area contributed by atoms with Gasteiger partial charge in [-0.3, -0.25) is 0 Å². The van der Waals surface area contributed by atoms with E-state index in [0.717, 1.165) is 60.8 Å². The molecule has 0 N–H and O–H groups in total. The number of rotatable bonds is 1. The molecule has 2 aliphatic heterocycles. The second-order valence-electron chi connectivity index (χ2n) is 15.9. The maximum atomic E-state index is 7.06. The van der Waals surface area contributed by atoms with Crippen molar-refractivity contribution in [3.05, 3.63) is 164 Å². The van der Waals surface area contributed by atoms with Crippen molar-refractivity contribution in [1.29, 1.82) is 0 Å². The van der Waals surface area contributed by atoms with E-state index in [1.54, 1.807) is 0 Å². The molecule has 0 fully saturated rings. The van der Waals surface area contributed by atoms with E-state index in [0.29, 0.717) is 0 Å². The third kappa shape index (κ3) is 3.47. The number of fused-ring (bicyclic) bond motifs is 20. The summed E-state index contributed by atoms with van der Waals surface area (Å²) in [5.74, 6) is 0. The Labute approximate surface area is 334 Å². The van der Waals surface area contributed by atoms with Crippen LogP contribution in [0.1, 0.15) is 0 Å². The van der Waals surface area contributed by atoms with E-state index < -0.39 is 0 Å². The molecule has 0 spiro atoms. The number of nitrogens with zero attached hydrogens (tertiary/aromatic N) is 2. The molecule has 2 aliphatic rings. The maximum Gasteiger partial charge on any atom is 0.333 e. The van der Waals surface area contributed by atoms with Crippen LogP contribution < -0.4 is 15.7 Å². The van der Waals surface area contributed by atoms with Crippen molar-refractivity contribution in [2.75, 3.05) is 4.81 Å². The molecule has 4 aromatic heterocycles. The van der Waals surface area contributed by atoms with Crippen molar-refractivity contribution in [1.82, 2.24) is 4.57 Å². The molecule has 0 atom stereocenters. The summed E-state index contributed by atoms with van der Waals surface area (Å²) in [6.45, 7) is -0.167. The highest BCUT2D eigenvalue weighted by Gasteiger charge is 2.46. The third-order valence-electron chi connectivity index (χ3n) is 13.1. The number of anilines is 2. The number of hydrogen-bond donors (Lipinski definition) is 0. The summed E-state index contributed by atoms with van der Waals surface area (Å²) in [6, 6.07) is 59.9. The molecule has 6 heterocycles. The van der Waals surface area contributed by atoms with Crippen molar-refractivity contribution < 1.29 is 8.83 Å². The van der Waals surface area contributed by atoms with Crippen LogP contribution in [0.3, 0.4) is 0 Å². The van der Waals surface area contributed by atoms with Gasteiger partial charge in [-0.05, 0) is 70.2 Å². The lowest BCUT2D eigenvalue weighted by Gasteiger charge is -2.42. The quantitative estimate of drug-likeness (QED) is 0.157. The molecule has 0 radical (unpaired) electrons. The molecule has 15 rings (SSSR count). The van der Waals surface area contributed by atoms with Crippen LogP contribution in [-0.4, -0.2) is 11.4 Å². The Morgan fingerprint density at radius 3 is 2.02 bits per heavy atom. The molecule has 0 bridgehead atoms. The number of hydrogen-bond acceptors (Lipinski definition) is 4. The van der Waals surface area contributed by atoms with Gasteiger partial charge in [0.05, 0.1) is 16.7 Å². The van der Waals surface area contributed by atoms with Crippen molar-refractivity contribution >= 4 is 137 Å². The first-order valence-electron chi connectivity index (χ1n) is 19.9. The van der Waals surface area contributed by atoms with Gasteiger partial charge in [-0.25, -0.2) is 0 Å². The zero-order valence-corrected chi connectivity index (χ0v) is 31.6. The maximum absolute atomic E-state index is 7.06. The van der Waals surface area contributed by atoms with Crippen LogP contribution in [0.5, 0.6) is 0 Å². The average Bonchev–Trinajstić information content (AvgIpc) is 4.04. The van der Waals surface area contributed by atoms with Gasteiger partial charge in [-0.1, -0.05) is 115 Å². The lowest BCUT2D eigenvalue weighted by atomic mass is 9.44.